The van der Waals surface area contributed by atoms with Crippen molar-refractivity contribution in [2.45, 2.75) is 25.4 Å². The summed E-state index contributed by atoms with van der Waals surface area (Å²) in [7, 11) is 3.84. The van der Waals surface area contributed by atoms with E-state index in [1.807, 2.05) is 30.0 Å². The lowest BCUT2D eigenvalue weighted by Crippen LogP contribution is -2.43. The van der Waals surface area contributed by atoms with Gasteiger partial charge in [-0.3, -0.25) is 4.79 Å². The van der Waals surface area contributed by atoms with Crippen molar-refractivity contribution in [1.82, 2.24) is 14.9 Å². The summed E-state index contributed by atoms with van der Waals surface area (Å²) in [6.07, 6.45) is 5.37. The molecule has 1 saturated heterocycles. The lowest BCUT2D eigenvalue weighted by molar-refractivity contribution is -0.141. The molecule has 3 aliphatic rings. The molecule has 3 fully saturated rings. The first-order valence-electron chi connectivity index (χ1n) is 8.54. The van der Waals surface area contributed by atoms with Gasteiger partial charge in [-0.1, -0.05) is 0 Å². The molecule has 1 amide bonds. The smallest absolute Gasteiger partial charge is 0.226 e. The predicted molar refractivity (Wildman–Crippen MR) is 86.0 cm³/mol. The third kappa shape index (κ3) is 3.04. The number of aromatic nitrogens is 2. The zero-order valence-electron chi connectivity index (χ0n) is 13.8. The standard InChI is InChI=1S/C17H24N4O2/c1-20(2)17-18-6-5-14(19-17)15-10-21(7-8-23-15)16(22)13-9-12(13)11-3-4-11/h5-6,11-13,15H,3-4,7-10H2,1-2H3/t12-,13-,15+/m1/s1. The molecule has 0 N–H and O–H groups in total. The lowest BCUT2D eigenvalue weighted by atomic mass is 10.1. The van der Waals surface area contributed by atoms with Crippen LogP contribution < -0.4 is 4.90 Å². The van der Waals surface area contributed by atoms with Crippen LogP contribution in [0.5, 0.6) is 0 Å². The topological polar surface area (TPSA) is 58.6 Å². The van der Waals surface area contributed by atoms with Gasteiger partial charge in [-0.15, -0.1) is 0 Å². The van der Waals surface area contributed by atoms with Crippen molar-refractivity contribution in [2.75, 3.05) is 38.7 Å². The van der Waals surface area contributed by atoms with E-state index in [4.69, 9.17) is 4.74 Å². The number of ether oxygens (including phenoxy) is 1. The van der Waals surface area contributed by atoms with Crippen LogP contribution in [0, 0.1) is 17.8 Å². The van der Waals surface area contributed by atoms with Crippen LogP contribution in [0.25, 0.3) is 0 Å². The maximum absolute atomic E-state index is 12.7. The highest BCUT2D eigenvalue weighted by Gasteiger charge is 2.52. The quantitative estimate of drug-likeness (QED) is 0.842. The Morgan fingerprint density at radius 1 is 1.39 bits per heavy atom. The van der Waals surface area contributed by atoms with Crippen LogP contribution in [0.2, 0.25) is 0 Å². The third-order valence-electron chi connectivity index (χ3n) is 5.16. The van der Waals surface area contributed by atoms with E-state index in [9.17, 15) is 4.79 Å². The molecule has 0 aromatic carbocycles. The first-order chi connectivity index (χ1) is 11.1. The van der Waals surface area contributed by atoms with Crippen LogP contribution in [0.3, 0.4) is 0 Å². The fourth-order valence-corrected chi connectivity index (χ4v) is 3.56. The predicted octanol–water partition coefficient (Wildman–Crippen LogP) is 1.49. The minimum Gasteiger partial charge on any atom is -0.368 e. The lowest BCUT2D eigenvalue weighted by Gasteiger charge is -2.33. The number of hydrogen-bond acceptors (Lipinski definition) is 5. The van der Waals surface area contributed by atoms with E-state index in [-0.39, 0.29) is 12.0 Å². The van der Waals surface area contributed by atoms with E-state index in [0.29, 0.717) is 37.5 Å². The Kier molecular flexibility index (Phi) is 3.71. The summed E-state index contributed by atoms with van der Waals surface area (Å²) in [5.41, 5.74) is 0.857. The van der Waals surface area contributed by atoms with E-state index in [0.717, 1.165) is 18.0 Å². The van der Waals surface area contributed by atoms with E-state index in [1.54, 1.807) is 6.20 Å². The zero-order valence-corrected chi connectivity index (χ0v) is 13.8. The number of rotatable bonds is 4. The average Bonchev–Trinajstić information content (AvgIpc) is 3.46. The van der Waals surface area contributed by atoms with Gasteiger partial charge in [0.15, 0.2) is 0 Å². The third-order valence-corrected chi connectivity index (χ3v) is 5.16. The Hall–Kier alpha value is -1.69. The summed E-state index contributed by atoms with van der Waals surface area (Å²) in [5, 5.41) is 0. The van der Waals surface area contributed by atoms with Crippen molar-refractivity contribution in [3.63, 3.8) is 0 Å². The molecule has 2 saturated carbocycles. The van der Waals surface area contributed by atoms with Gasteiger partial charge in [0.25, 0.3) is 0 Å². The number of anilines is 1. The second-order valence-electron chi connectivity index (χ2n) is 7.16. The number of nitrogens with zero attached hydrogens (tertiary/aromatic N) is 4. The second kappa shape index (κ2) is 5.74. The van der Waals surface area contributed by atoms with Crippen LogP contribution >= 0.6 is 0 Å². The molecule has 6 nitrogen and oxygen atoms in total. The summed E-state index contributed by atoms with van der Waals surface area (Å²) < 4.78 is 5.86. The summed E-state index contributed by atoms with van der Waals surface area (Å²) in [5.74, 6) is 2.79. The van der Waals surface area contributed by atoms with Gasteiger partial charge >= 0.3 is 0 Å². The second-order valence-corrected chi connectivity index (χ2v) is 7.16. The van der Waals surface area contributed by atoms with Crippen molar-refractivity contribution in [2.24, 2.45) is 17.8 Å². The molecule has 2 aliphatic carbocycles. The van der Waals surface area contributed by atoms with Crippen LogP contribution in [-0.4, -0.2) is 54.6 Å². The molecule has 0 spiro atoms. The minimum absolute atomic E-state index is 0.146. The number of carbonyl (C=O) groups excluding carboxylic acids is 1. The molecule has 4 rings (SSSR count). The molecule has 2 heterocycles. The molecule has 1 aromatic rings. The van der Waals surface area contributed by atoms with Crippen molar-refractivity contribution in [3.05, 3.63) is 18.0 Å². The zero-order chi connectivity index (χ0) is 16.0. The molecular weight excluding hydrogens is 292 g/mol. The monoisotopic (exact) mass is 316 g/mol. The molecule has 6 heteroatoms. The molecule has 0 radical (unpaired) electrons. The van der Waals surface area contributed by atoms with Gasteiger partial charge in [0.2, 0.25) is 11.9 Å². The highest BCUT2D eigenvalue weighted by molar-refractivity contribution is 5.82. The summed E-state index contributed by atoms with van der Waals surface area (Å²) >= 11 is 0. The number of hydrogen-bond donors (Lipinski definition) is 0. The summed E-state index contributed by atoms with van der Waals surface area (Å²) in [6.45, 7) is 1.89. The van der Waals surface area contributed by atoms with Crippen molar-refractivity contribution in [1.29, 1.82) is 0 Å². The number of morpholine rings is 1. The van der Waals surface area contributed by atoms with E-state index >= 15 is 0 Å². The summed E-state index contributed by atoms with van der Waals surface area (Å²) in [6, 6.07) is 1.88. The van der Waals surface area contributed by atoms with Crippen LogP contribution in [0.15, 0.2) is 12.3 Å². The molecule has 0 bridgehead atoms. The first-order valence-corrected chi connectivity index (χ1v) is 8.54. The van der Waals surface area contributed by atoms with E-state index in [1.165, 1.54) is 12.8 Å². The maximum atomic E-state index is 12.7. The Bertz CT molecular complexity index is 602. The highest BCUT2D eigenvalue weighted by Crippen LogP contribution is 2.55. The van der Waals surface area contributed by atoms with Crippen molar-refractivity contribution >= 4 is 11.9 Å². The SMILES string of the molecule is CN(C)c1nccc([C@@H]2CN(C(=O)[C@@H]3C[C@@H]3C3CC3)CCO2)n1. The Morgan fingerprint density at radius 2 is 2.22 bits per heavy atom. The molecule has 1 aliphatic heterocycles. The van der Waals surface area contributed by atoms with Gasteiger partial charge in [-0.05, 0) is 37.2 Å². The average molecular weight is 316 g/mol. The van der Waals surface area contributed by atoms with Gasteiger partial charge in [-0.2, -0.15) is 0 Å². The van der Waals surface area contributed by atoms with Gasteiger partial charge in [0, 0.05) is 32.8 Å². The Morgan fingerprint density at radius 3 is 2.96 bits per heavy atom. The summed E-state index contributed by atoms with van der Waals surface area (Å²) in [4.78, 5) is 25.3. The molecule has 0 unspecified atom stereocenters. The van der Waals surface area contributed by atoms with Crippen LogP contribution in [0.1, 0.15) is 31.1 Å². The van der Waals surface area contributed by atoms with Crippen LogP contribution in [-0.2, 0) is 9.53 Å². The van der Waals surface area contributed by atoms with Gasteiger partial charge in [-0.25, -0.2) is 9.97 Å². The largest absolute Gasteiger partial charge is 0.368 e. The maximum Gasteiger partial charge on any atom is 0.226 e. The highest BCUT2D eigenvalue weighted by atomic mass is 16.5. The van der Waals surface area contributed by atoms with E-state index < -0.39 is 0 Å². The number of carbonyl (C=O) groups is 1. The normalized spacial score (nSPS) is 30.2. The fourth-order valence-electron chi connectivity index (χ4n) is 3.56. The molecular formula is C17H24N4O2. The van der Waals surface area contributed by atoms with Gasteiger partial charge in [0.1, 0.15) is 6.10 Å². The van der Waals surface area contributed by atoms with Crippen LogP contribution in [0.4, 0.5) is 5.95 Å². The van der Waals surface area contributed by atoms with Crippen molar-refractivity contribution in [3.8, 4) is 0 Å². The fraction of sp³-hybridized carbons (Fsp3) is 0.706. The molecule has 23 heavy (non-hydrogen) atoms. The Labute approximate surface area is 136 Å². The first kappa shape index (κ1) is 14.9. The molecule has 3 atom stereocenters. The van der Waals surface area contributed by atoms with Gasteiger partial charge < -0.3 is 14.5 Å². The Balaban J connectivity index is 1.42. The molecule has 1 aromatic heterocycles. The van der Waals surface area contributed by atoms with E-state index in [2.05, 4.69) is 9.97 Å². The van der Waals surface area contributed by atoms with Crippen molar-refractivity contribution < 1.29 is 9.53 Å². The molecule has 124 valence electrons. The number of amides is 1. The van der Waals surface area contributed by atoms with Gasteiger partial charge in [0.05, 0.1) is 18.8 Å². The minimum atomic E-state index is -0.146.